The summed E-state index contributed by atoms with van der Waals surface area (Å²) in [6, 6.07) is 6.87. The first-order valence-corrected chi connectivity index (χ1v) is 25.6. The van der Waals surface area contributed by atoms with E-state index in [1.807, 2.05) is 0 Å². The molecule has 0 spiro atoms. The Hall–Kier alpha value is -0.219. The van der Waals surface area contributed by atoms with Gasteiger partial charge in [0.05, 0.1) is 6.10 Å². The highest BCUT2D eigenvalue weighted by molar-refractivity contribution is 7.52. The highest BCUT2D eigenvalue weighted by Crippen LogP contribution is 2.65. The molecule has 0 aromatic heterocycles. The first-order chi connectivity index (χ1) is 16.4. The molecule has 5 nitrogen and oxygen atoms in total. The molecule has 0 aliphatic heterocycles. The molecule has 5 unspecified atom stereocenters. The number of hydrogen-bond donors (Lipinski definition) is 0. The second kappa shape index (κ2) is 9.76. The Bertz CT molecular complexity index is 992. The third-order valence-corrected chi connectivity index (χ3v) is 15.6. The van der Waals surface area contributed by atoms with Crippen molar-refractivity contribution < 1.29 is 21.9 Å². The second-order valence-electron chi connectivity index (χ2n) is 14.6. The van der Waals surface area contributed by atoms with Crippen LogP contribution in [0.25, 0.3) is 0 Å². The Balaban J connectivity index is 1.54. The zero-order valence-corrected chi connectivity index (χ0v) is 28.2. The number of rotatable bonds is 8. The van der Waals surface area contributed by atoms with Crippen molar-refractivity contribution in [3.8, 4) is 5.75 Å². The summed E-state index contributed by atoms with van der Waals surface area (Å²) >= 11 is 0. The van der Waals surface area contributed by atoms with Crippen LogP contribution in [-0.4, -0.2) is 31.1 Å². The monoisotopic (exact) mass is 568 g/mol. The molecule has 9 heteroatoms. The zero-order chi connectivity index (χ0) is 26.7. The molecule has 0 amide bonds. The minimum absolute atomic E-state index is 0.0147. The van der Waals surface area contributed by atoms with E-state index in [0.717, 1.165) is 37.9 Å². The van der Waals surface area contributed by atoms with Crippen molar-refractivity contribution in [3.05, 3.63) is 29.3 Å². The van der Waals surface area contributed by atoms with Crippen molar-refractivity contribution in [2.45, 2.75) is 116 Å². The SMILES string of the molecule is CC12CCC3c4ccc(O[Si](C)(C)C)cc4CCC3C1CCC2OP(=O)(O[Si](C)(C)C)O[Si](C)(C)C. The summed E-state index contributed by atoms with van der Waals surface area (Å²) in [5, 5.41) is 0. The van der Waals surface area contributed by atoms with Gasteiger partial charge in [-0.05, 0) is 144 Å². The molecular weight excluding hydrogens is 520 g/mol. The third kappa shape index (κ3) is 6.49. The lowest BCUT2D eigenvalue weighted by Crippen LogP contribution is -2.45. The lowest BCUT2D eigenvalue weighted by atomic mass is 9.55. The van der Waals surface area contributed by atoms with E-state index in [0.29, 0.717) is 17.8 Å². The van der Waals surface area contributed by atoms with Gasteiger partial charge in [0.2, 0.25) is 8.32 Å². The van der Waals surface area contributed by atoms with E-state index in [2.05, 4.69) is 84.0 Å². The molecule has 0 radical (unpaired) electrons. The Morgan fingerprint density at radius 2 is 1.50 bits per heavy atom. The number of phosphoric acid groups is 1. The fourth-order valence-electron chi connectivity index (χ4n) is 6.99. The summed E-state index contributed by atoms with van der Waals surface area (Å²) in [4.78, 5) is 0. The maximum Gasteiger partial charge on any atom is 0.455 e. The van der Waals surface area contributed by atoms with E-state index in [-0.39, 0.29) is 11.5 Å². The van der Waals surface area contributed by atoms with Gasteiger partial charge in [0.15, 0.2) is 16.6 Å². The van der Waals surface area contributed by atoms with Crippen molar-refractivity contribution in [2.24, 2.45) is 17.3 Å². The Morgan fingerprint density at radius 3 is 2.08 bits per heavy atom. The Kier molecular flexibility index (Phi) is 7.80. The Labute approximate surface area is 223 Å². The van der Waals surface area contributed by atoms with E-state index in [9.17, 15) is 4.57 Å². The molecule has 3 aliphatic carbocycles. The summed E-state index contributed by atoms with van der Waals surface area (Å²) in [6.45, 7) is 21.4. The first kappa shape index (κ1) is 28.8. The molecule has 0 bridgehead atoms. The molecule has 3 aliphatic rings. The van der Waals surface area contributed by atoms with Gasteiger partial charge >= 0.3 is 7.82 Å². The van der Waals surface area contributed by atoms with Gasteiger partial charge in [-0.1, -0.05) is 13.0 Å². The minimum atomic E-state index is -3.62. The maximum absolute atomic E-state index is 14.0. The van der Waals surface area contributed by atoms with Crippen LogP contribution >= 0.6 is 7.82 Å². The van der Waals surface area contributed by atoms with E-state index in [1.165, 1.54) is 17.5 Å². The molecule has 5 atom stereocenters. The van der Waals surface area contributed by atoms with Crippen LogP contribution in [0.1, 0.15) is 56.1 Å². The number of aryl methyl sites for hydroxylation is 1. The van der Waals surface area contributed by atoms with Crippen LogP contribution in [0.2, 0.25) is 58.9 Å². The third-order valence-electron chi connectivity index (χ3n) is 8.06. The normalized spacial score (nSPS) is 30.9. The van der Waals surface area contributed by atoms with Gasteiger partial charge in [0.1, 0.15) is 5.75 Å². The minimum Gasteiger partial charge on any atom is -0.544 e. The maximum atomic E-state index is 14.0. The molecule has 0 N–H and O–H groups in total. The van der Waals surface area contributed by atoms with Crippen LogP contribution < -0.4 is 4.43 Å². The number of fused-ring (bicyclic) bond motifs is 5. The van der Waals surface area contributed by atoms with Crippen molar-refractivity contribution >= 4 is 32.8 Å². The summed E-state index contributed by atoms with van der Waals surface area (Å²) in [6.07, 6.45) is 6.59. The average Bonchev–Trinajstić information content (AvgIpc) is 2.99. The van der Waals surface area contributed by atoms with E-state index in [1.54, 1.807) is 0 Å². The summed E-state index contributed by atoms with van der Waals surface area (Å²) in [5.41, 5.74) is 3.04. The fraction of sp³-hybridized carbons (Fsp3) is 0.778. The summed E-state index contributed by atoms with van der Waals surface area (Å²) in [5.74, 6) is 2.89. The van der Waals surface area contributed by atoms with Crippen molar-refractivity contribution in [1.29, 1.82) is 0 Å². The van der Waals surface area contributed by atoms with Crippen molar-refractivity contribution in [1.82, 2.24) is 0 Å². The predicted molar refractivity (Wildman–Crippen MR) is 156 cm³/mol. The van der Waals surface area contributed by atoms with Gasteiger partial charge in [-0.2, -0.15) is 0 Å². The lowest BCUT2D eigenvalue weighted by molar-refractivity contribution is -0.0203. The molecule has 2 saturated carbocycles. The largest absolute Gasteiger partial charge is 0.544 e. The van der Waals surface area contributed by atoms with E-state index in [4.69, 9.17) is 17.4 Å². The topological polar surface area (TPSA) is 54.0 Å². The molecule has 1 aromatic rings. The first-order valence-electron chi connectivity index (χ1n) is 13.9. The van der Waals surface area contributed by atoms with Gasteiger partial charge in [-0.15, -0.1) is 0 Å². The predicted octanol–water partition coefficient (Wildman–Crippen LogP) is 8.95. The van der Waals surface area contributed by atoms with Crippen LogP contribution in [0.15, 0.2) is 18.2 Å². The molecule has 36 heavy (non-hydrogen) atoms. The highest BCUT2D eigenvalue weighted by atomic mass is 31.2. The van der Waals surface area contributed by atoms with Crippen LogP contribution in [0.4, 0.5) is 0 Å². The smallest absolute Gasteiger partial charge is 0.455 e. The van der Waals surface area contributed by atoms with Gasteiger partial charge in [-0.3, -0.25) is 4.52 Å². The number of benzene rings is 1. The van der Waals surface area contributed by atoms with Gasteiger partial charge in [0, 0.05) is 0 Å². The highest BCUT2D eigenvalue weighted by Gasteiger charge is 2.57. The van der Waals surface area contributed by atoms with Crippen molar-refractivity contribution in [2.75, 3.05) is 0 Å². The molecule has 4 rings (SSSR count). The molecule has 204 valence electrons. The van der Waals surface area contributed by atoms with Gasteiger partial charge in [-0.25, -0.2) is 4.57 Å². The van der Waals surface area contributed by atoms with E-state index < -0.39 is 32.8 Å². The Morgan fingerprint density at radius 1 is 0.861 bits per heavy atom. The fourth-order valence-corrected chi connectivity index (χ4v) is 14.7. The summed E-state index contributed by atoms with van der Waals surface area (Å²) in [7, 11) is -9.47. The van der Waals surface area contributed by atoms with Crippen LogP contribution in [0, 0.1) is 17.3 Å². The summed E-state index contributed by atoms with van der Waals surface area (Å²) < 4.78 is 39.1. The van der Waals surface area contributed by atoms with Crippen LogP contribution in [0.5, 0.6) is 5.75 Å². The zero-order valence-electron chi connectivity index (χ0n) is 24.3. The molecule has 1 aromatic carbocycles. The number of hydrogen-bond acceptors (Lipinski definition) is 5. The van der Waals surface area contributed by atoms with Gasteiger partial charge in [0.25, 0.3) is 0 Å². The molecule has 0 saturated heterocycles. The average molecular weight is 569 g/mol. The lowest BCUT2D eigenvalue weighted by Gasteiger charge is -2.51. The van der Waals surface area contributed by atoms with Crippen molar-refractivity contribution in [3.63, 3.8) is 0 Å². The van der Waals surface area contributed by atoms with Crippen LogP contribution in [0.3, 0.4) is 0 Å². The molecule has 0 heterocycles. The standard InChI is InChI=1S/C27H49O5PSi3/c1-27-18-17-23-22-14-12-21(30-34(2,3)4)19-20(22)11-13-24(23)25(27)15-16-26(27)29-33(28,31-35(5,6)7)32-36(8,9)10/h12,14,19,23-26H,11,13,15-18H2,1-10H3. The second-order valence-corrected chi connectivity index (χ2v) is 30.0. The quantitative estimate of drug-likeness (QED) is 0.231. The molecular formula is C27H49O5PSi3. The molecule has 2 fully saturated rings. The van der Waals surface area contributed by atoms with Crippen LogP contribution in [-0.2, 0) is 23.9 Å². The van der Waals surface area contributed by atoms with E-state index >= 15 is 0 Å². The van der Waals surface area contributed by atoms with Gasteiger partial charge < -0.3 is 12.9 Å².